The maximum absolute atomic E-state index is 14.0. The molecule has 1 fully saturated rings. The van der Waals surface area contributed by atoms with Gasteiger partial charge in [-0.15, -0.1) is 0 Å². The number of ketones is 1. The molecule has 42 heavy (non-hydrogen) atoms. The predicted octanol–water partition coefficient (Wildman–Crippen LogP) is 3.96. The summed E-state index contributed by atoms with van der Waals surface area (Å²) in [5.74, 6) is 0.596. The topological polar surface area (TPSA) is 131 Å². The second-order valence-electron chi connectivity index (χ2n) is 11.6. The van der Waals surface area contributed by atoms with Crippen LogP contribution in [0, 0.1) is 5.41 Å². The summed E-state index contributed by atoms with van der Waals surface area (Å²) in [7, 11) is -2.56. The van der Waals surface area contributed by atoms with Crippen LogP contribution in [-0.4, -0.2) is 81.4 Å². The molecule has 3 unspecified atom stereocenters. The summed E-state index contributed by atoms with van der Waals surface area (Å²) in [6.07, 6.45) is 0.159. The third kappa shape index (κ3) is 10.4. The number of aliphatic hydroxyl groups excluding tert-OH is 1. The van der Waals surface area contributed by atoms with Gasteiger partial charge in [-0.2, -0.15) is 4.31 Å². The number of ether oxygens (including phenoxy) is 3. The van der Waals surface area contributed by atoms with Crippen LogP contribution in [0.4, 0.5) is 4.79 Å². The van der Waals surface area contributed by atoms with Gasteiger partial charge >= 0.3 is 6.09 Å². The van der Waals surface area contributed by atoms with E-state index in [1.165, 1.54) is 30.5 Å². The first-order chi connectivity index (χ1) is 19.9. The van der Waals surface area contributed by atoms with Gasteiger partial charge in [0.15, 0.2) is 0 Å². The number of hydrogen-bond acceptors (Lipinski definition) is 8. The number of alkyl carbamates (subject to hydrolysis) is 1. The van der Waals surface area contributed by atoms with Gasteiger partial charge in [0, 0.05) is 25.9 Å². The van der Waals surface area contributed by atoms with E-state index in [1.807, 2.05) is 44.2 Å². The number of Topliss-reactive ketones (excluding diaryl/α,β-unsaturated/α-hetero) is 1. The molecule has 0 aromatic heterocycles. The highest BCUT2D eigenvalue weighted by Crippen LogP contribution is 2.29. The van der Waals surface area contributed by atoms with E-state index >= 15 is 0 Å². The Morgan fingerprint density at radius 1 is 1.14 bits per heavy atom. The van der Waals surface area contributed by atoms with Crippen molar-refractivity contribution in [3.63, 3.8) is 0 Å². The molecule has 0 spiro atoms. The van der Waals surface area contributed by atoms with Gasteiger partial charge in [0.2, 0.25) is 10.0 Å². The second kappa shape index (κ2) is 15.5. The van der Waals surface area contributed by atoms with Crippen LogP contribution >= 0.6 is 0 Å². The average Bonchev–Trinajstić information content (AvgIpc) is 3.45. The molecule has 232 valence electrons. The third-order valence-corrected chi connectivity index (χ3v) is 9.13. The lowest BCUT2D eigenvalue weighted by Gasteiger charge is -2.35. The normalized spacial score (nSPS) is 17.0. The van der Waals surface area contributed by atoms with Crippen LogP contribution in [0.1, 0.15) is 52.0 Å². The van der Waals surface area contributed by atoms with Crippen molar-refractivity contribution in [2.24, 2.45) is 5.41 Å². The third-order valence-electron chi connectivity index (χ3n) is 7.30. The second-order valence-corrected chi connectivity index (χ2v) is 13.5. The average molecular weight is 605 g/mol. The molecule has 3 rings (SSSR count). The van der Waals surface area contributed by atoms with Crippen LogP contribution in [0.25, 0.3) is 0 Å². The maximum atomic E-state index is 14.0. The molecule has 0 radical (unpaired) electrons. The van der Waals surface area contributed by atoms with E-state index in [0.717, 1.165) is 5.56 Å². The Labute approximate surface area is 249 Å². The fraction of sp³-hybridized carbons (Fsp3) is 0.548. The molecular formula is C31H44N2O8S. The van der Waals surface area contributed by atoms with Crippen LogP contribution < -0.4 is 10.1 Å². The SMILES string of the molecule is COc1ccc(S(=O)(=O)N(CC(O)C(Cc2ccccc2)NC(=O)OC2CCOC2)CC(C)(C)CCCC(C)=O)cc1. The molecule has 2 aromatic rings. The lowest BCUT2D eigenvalue weighted by molar-refractivity contribution is -0.117. The predicted molar refractivity (Wildman–Crippen MR) is 159 cm³/mol. The van der Waals surface area contributed by atoms with Crippen molar-refractivity contribution in [3.05, 3.63) is 60.2 Å². The Morgan fingerprint density at radius 2 is 1.83 bits per heavy atom. The summed E-state index contributed by atoms with van der Waals surface area (Å²) in [5, 5.41) is 14.3. The molecule has 1 aliphatic rings. The van der Waals surface area contributed by atoms with Crippen molar-refractivity contribution in [3.8, 4) is 5.75 Å². The standard InChI is InChI=1S/C31H44N2O8S/c1-23(34)9-8-17-31(2,3)22-33(42(37,38)27-14-12-25(39-4)13-15-27)20-29(35)28(19-24-10-6-5-7-11-24)32-30(36)41-26-16-18-40-21-26/h5-7,10-15,26,28-29,35H,8-9,16-22H2,1-4H3,(H,32,36). The summed E-state index contributed by atoms with van der Waals surface area (Å²) in [6, 6.07) is 14.6. The largest absolute Gasteiger partial charge is 0.497 e. The van der Waals surface area contributed by atoms with Crippen LogP contribution in [0.3, 0.4) is 0 Å². The van der Waals surface area contributed by atoms with Crippen LogP contribution in [0.5, 0.6) is 5.75 Å². The molecule has 1 amide bonds. The number of carbonyl (C=O) groups excluding carboxylic acids is 2. The van der Waals surface area contributed by atoms with E-state index in [1.54, 1.807) is 12.1 Å². The summed E-state index contributed by atoms with van der Waals surface area (Å²) >= 11 is 0. The molecule has 1 heterocycles. The maximum Gasteiger partial charge on any atom is 0.407 e. The minimum atomic E-state index is -4.06. The molecule has 1 saturated heterocycles. The lowest BCUT2D eigenvalue weighted by Crippen LogP contribution is -2.52. The van der Waals surface area contributed by atoms with E-state index in [2.05, 4.69) is 5.32 Å². The zero-order valence-electron chi connectivity index (χ0n) is 25.0. The zero-order chi connectivity index (χ0) is 30.8. The minimum absolute atomic E-state index is 0.0586. The molecule has 10 nitrogen and oxygen atoms in total. The number of nitrogens with one attached hydrogen (secondary N) is 1. The fourth-order valence-corrected chi connectivity index (χ4v) is 6.59. The van der Waals surface area contributed by atoms with Gasteiger partial charge in [-0.3, -0.25) is 0 Å². The Hall–Kier alpha value is -2.99. The number of rotatable bonds is 16. The van der Waals surface area contributed by atoms with Gasteiger partial charge in [0.25, 0.3) is 0 Å². The summed E-state index contributed by atoms with van der Waals surface area (Å²) in [6.45, 7) is 6.06. The fourth-order valence-electron chi connectivity index (χ4n) is 4.95. The Kier molecular flexibility index (Phi) is 12.3. The summed E-state index contributed by atoms with van der Waals surface area (Å²) < 4.78 is 45.1. The van der Waals surface area contributed by atoms with Gasteiger partial charge in [-0.25, -0.2) is 13.2 Å². The molecule has 2 N–H and O–H groups in total. The van der Waals surface area contributed by atoms with Crippen molar-refractivity contribution in [2.45, 2.75) is 76.0 Å². The number of amides is 1. The van der Waals surface area contributed by atoms with Crippen LogP contribution in [0.2, 0.25) is 0 Å². The van der Waals surface area contributed by atoms with Crippen LogP contribution in [-0.2, 0) is 30.7 Å². The monoisotopic (exact) mass is 604 g/mol. The molecule has 11 heteroatoms. The highest BCUT2D eigenvalue weighted by atomic mass is 32.2. The van der Waals surface area contributed by atoms with Crippen molar-refractivity contribution >= 4 is 21.9 Å². The molecular weight excluding hydrogens is 560 g/mol. The van der Waals surface area contributed by atoms with Gasteiger partial charge < -0.3 is 29.4 Å². The van der Waals surface area contributed by atoms with Gasteiger partial charge in [0.05, 0.1) is 37.4 Å². The Bertz CT molecular complexity index is 1250. The number of aliphatic hydroxyl groups is 1. The molecule has 0 aliphatic carbocycles. The first-order valence-corrected chi connectivity index (χ1v) is 15.7. The molecule has 3 atom stereocenters. The smallest absolute Gasteiger partial charge is 0.407 e. The van der Waals surface area contributed by atoms with E-state index in [0.29, 0.717) is 44.6 Å². The number of benzene rings is 2. The lowest BCUT2D eigenvalue weighted by atomic mass is 9.86. The summed E-state index contributed by atoms with van der Waals surface area (Å²) in [4.78, 5) is 24.4. The highest BCUT2D eigenvalue weighted by molar-refractivity contribution is 7.89. The number of methoxy groups -OCH3 is 1. The Balaban J connectivity index is 1.87. The molecule has 0 bridgehead atoms. The first kappa shape index (κ1) is 33.5. The molecule has 0 saturated carbocycles. The quantitative estimate of drug-likeness (QED) is 0.294. The highest BCUT2D eigenvalue weighted by Gasteiger charge is 2.35. The zero-order valence-corrected chi connectivity index (χ0v) is 25.8. The summed E-state index contributed by atoms with van der Waals surface area (Å²) in [5.41, 5.74) is 0.360. The van der Waals surface area contributed by atoms with Crippen molar-refractivity contribution < 1.29 is 37.3 Å². The molecule has 2 aromatic carbocycles. The van der Waals surface area contributed by atoms with E-state index in [4.69, 9.17) is 14.2 Å². The number of carbonyl (C=O) groups is 2. The minimum Gasteiger partial charge on any atom is -0.497 e. The number of hydrogen-bond donors (Lipinski definition) is 2. The first-order valence-electron chi connectivity index (χ1n) is 14.3. The van der Waals surface area contributed by atoms with Crippen LogP contribution in [0.15, 0.2) is 59.5 Å². The van der Waals surface area contributed by atoms with Gasteiger partial charge in [0.1, 0.15) is 17.6 Å². The van der Waals surface area contributed by atoms with E-state index in [-0.39, 0.29) is 36.3 Å². The van der Waals surface area contributed by atoms with Crippen molar-refractivity contribution in [1.29, 1.82) is 0 Å². The van der Waals surface area contributed by atoms with Gasteiger partial charge in [-0.05, 0) is 61.4 Å². The number of nitrogens with zero attached hydrogens (tertiary/aromatic N) is 1. The number of sulfonamides is 1. The van der Waals surface area contributed by atoms with E-state index < -0.39 is 33.7 Å². The van der Waals surface area contributed by atoms with Gasteiger partial charge in [-0.1, -0.05) is 44.2 Å². The van der Waals surface area contributed by atoms with E-state index in [9.17, 15) is 23.1 Å². The van der Waals surface area contributed by atoms with Crippen molar-refractivity contribution in [1.82, 2.24) is 9.62 Å². The Morgan fingerprint density at radius 3 is 2.43 bits per heavy atom. The van der Waals surface area contributed by atoms with Crippen molar-refractivity contribution in [2.75, 3.05) is 33.4 Å². The molecule has 1 aliphatic heterocycles.